The molecule has 2 fully saturated rings. The van der Waals surface area contributed by atoms with Crippen molar-refractivity contribution in [3.05, 3.63) is 34.7 Å². The zero-order valence-electron chi connectivity index (χ0n) is 12.8. The summed E-state index contributed by atoms with van der Waals surface area (Å²) in [6.07, 6.45) is 5.04. The first-order valence-electron chi connectivity index (χ1n) is 7.98. The van der Waals surface area contributed by atoms with Crippen LogP contribution in [0.2, 0.25) is 0 Å². The highest BCUT2D eigenvalue weighted by atomic mass is 15.3. The monoisotopic (exact) mass is 292 g/mol. The Bertz CT molecular complexity index is 681. The van der Waals surface area contributed by atoms with E-state index in [0.717, 1.165) is 26.2 Å². The minimum Gasteiger partial charge on any atom is -0.358 e. The SMILES string of the molecule is N#CC(C#N)=c1ccc(=C(N2CCCC2)N2CCCC2)cc1. The van der Waals surface area contributed by atoms with E-state index in [9.17, 15) is 0 Å². The third-order valence-electron chi connectivity index (χ3n) is 4.47. The van der Waals surface area contributed by atoms with E-state index >= 15 is 0 Å². The van der Waals surface area contributed by atoms with Crippen molar-refractivity contribution >= 4 is 11.4 Å². The van der Waals surface area contributed by atoms with Crippen LogP contribution >= 0.6 is 0 Å². The largest absolute Gasteiger partial charge is 0.358 e. The van der Waals surface area contributed by atoms with E-state index in [-0.39, 0.29) is 5.57 Å². The smallest absolute Gasteiger partial charge is 0.136 e. The molecule has 0 N–H and O–H groups in total. The Balaban J connectivity index is 2.09. The van der Waals surface area contributed by atoms with Gasteiger partial charge in [-0.25, -0.2) is 0 Å². The molecule has 0 unspecified atom stereocenters. The van der Waals surface area contributed by atoms with E-state index in [1.165, 1.54) is 36.7 Å². The first kappa shape index (κ1) is 14.5. The second kappa shape index (κ2) is 6.54. The number of benzene rings is 1. The molecule has 4 heteroatoms. The molecule has 4 nitrogen and oxygen atoms in total. The van der Waals surface area contributed by atoms with Crippen molar-refractivity contribution in [3.8, 4) is 12.1 Å². The lowest BCUT2D eigenvalue weighted by molar-refractivity contribution is 0.348. The zero-order valence-corrected chi connectivity index (χ0v) is 12.8. The van der Waals surface area contributed by atoms with Crippen LogP contribution in [0.25, 0.3) is 11.4 Å². The maximum atomic E-state index is 8.97. The molecule has 2 aliphatic heterocycles. The van der Waals surface area contributed by atoms with Crippen LogP contribution in [0.4, 0.5) is 0 Å². The topological polar surface area (TPSA) is 54.1 Å². The van der Waals surface area contributed by atoms with Crippen LogP contribution in [0.1, 0.15) is 25.7 Å². The number of rotatable bonds is 2. The summed E-state index contributed by atoms with van der Waals surface area (Å²) >= 11 is 0. The van der Waals surface area contributed by atoms with Crippen molar-refractivity contribution in [1.82, 2.24) is 9.80 Å². The van der Waals surface area contributed by atoms with E-state index in [2.05, 4.69) is 21.9 Å². The maximum Gasteiger partial charge on any atom is 0.136 e. The van der Waals surface area contributed by atoms with Crippen molar-refractivity contribution in [3.63, 3.8) is 0 Å². The van der Waals surface area contributed by atoms with Crippen LogP contribution in [-0.4, -0.2) is 36.0 Å². The van der Waals surface area contributed by atoms with Crippen LogP contribution in [-0.2, 0) is 0 Å². The van der Waals surface area contributed by atoms with E-state index in [1.807, 2.05) is 24.3 Å². The Labute approximate surface area is 131 Å². The number of nitriles is 2. The summed E-state index contributed by atoms with van der Waals surface area (Å²) in [7, 11) is 0. The molecule has 0 amide bonds. The lowest BCUT2D eigenvalue weighted by atomic mass is 10.2. The van der Waals surface area contributed by atoms with Crippen LogP contribution in [0, 0.1) is 22.7 Å². The first-order chi connectivity index (χ1) is 10.8. The maximum absolute atomic E-state index is 8.97. The van der Waals surface area contributed by atoms with Gasteiger partial charge in [0.15, 0.2) is 0 Å². The summed E-state index contributed by atoms with van der Waals surface area (Å²) in [5.74, 6) is 1.33. The Morgan fingerprint density at radius 3 is 1.55 bits per heavy atom. The molecule has 0 saturated carbocycles. The van der Waals surface area contributed by atoms with Crippen molar-refractivity contribution in [2.45, 2.75) is 25.7 Å². The Kier molecular flexibility index (Phi) is 4.30. The molecule has 0 radical (unpaired) electrons. The first-order valence-corrected chi connectivity index (χ1v) is 7.98. The van der Waals surface area contributed by atoms with Crippen molar-refractivity contribution in [2.75, 3.05) is 26.2 Å². The summed E-state index contributed by atoms with van der Waals surface area (Å²) in [5.41, 5.74) is 0.176. The van der Waals surface area contributed by atoms with Gasteiger partial charge in [-0.1, -0.05) is 24.3 Å². The molecule has 0 atom stereocenters. The Hall–Kier alpha value is -2.46. The fraction of sp³-hybridized carbons (Fsp3) is 0.444. The van der Waals surface area contributed by atoms with E-state index in [0.29, 0.717) is 5.22 Å². The van der Waals surface area contributed by atoms with Gasteiger partial charge in [-0.15, -0.1) is 0 Å². The average Bonchev–Trinajstić information content (AvgIpc) is 3.24. The molecule has 3 rings (SSSR count). The third-order valence-corrected chi connectivity index (χ3v) is 4.47. The summed E-state index contributed by atoms with van der Waals surface area (Å²) in [5, 5.41) is 19.8. The van der Waals surface area contributed by atoms with Crippen molar-refractivity contribution in [1.29, 1.82) is 10.5 Å². The fourth-order valence-corrected chi connectivity index (χ4v) is 3.36. The molecule has 1 aromatic rings. The van der Waals surface area contributed by atoms with Gasteiger partial charge in [0.2, 0.25) is 0 Å². The molecular weight excluding hydrogens is 272 g/mol. The minimum atomic E-state index is 0.176. The lowest BCUT2D eigenvalue weighted by Crippen LogP contribution is -2.36. The molecule has 0 aromatic heterocycles. The zero-order chi connectivity index (χ0) is 15.4. The molecule has 112 valence electrons. The van der Waals surface area contributed by atoms with Gasteiger partial charge >= 0.3 is 0 Å². The van der Waals surface area contributed by atoms with Crippen LogP contribution in [0.15, 0.2) is 24.3 Å². The summed E-state index contributed by atoms with van der Waals surface area (Å²) in [6, 6.07) is 11.8. The molecule has 2 aliphatic rings. The van der Waals surface area contributed by atoms with Gasteiger partial charge in [0.1, 0.15) is 23.5 Å². The number of hydrogen-bond donors (Lipinski definition) is 0. The minimum absolute atomic E-state index is 0.176. The second-order valence-corrected chi connectivity index (χ2v) is 5.89. The summed E-state index contributed by atoms with van der Waals surface area (Å²) < 4.78 is 0. The predicted molar refractivity (Wildman–Crippen MR) is 85.3 cm³/mol. The van der Waals surface area contributed by atoms with Crippen LogP contribution in [0.3, 0.4) is 0 Å². The predicted octanol–water partition coefficient (Wildman–Crippen LogP) is 1.14. The van der Waals surface area contributed by atoms with Crippen molar-refractivity contribution in [2.24, 2.45) is 0 Å². The van der Waals surface area contributed by atoms with Crippen LogP contribution < -0.4 is 10.4 Å². The molecule has 0 spiro atoms. The molecule has 2 saturated heterocycles. The highest BCUT2D eigenvalue weighted by molar-refractivity contribution is 5.72. The van der Waals surface area contributed by atoms with Gasteiger partial charge < -0.3 is 9.80 Å². The van der Waals surface area contributed by atoms with Gasteiger partial charge in [-0.3, -0.25) is 0 Å². The fourth-order valence-electron chi connectivity index (χ4n) is 3.36. The normalized spacial score (nSPS) is 17.2. The lowest BCUT2D eigenvalue weighted by Gasteiger charge is -2.30. The van der Waals surface area contributed by atoms with Crippen LogP contribution in [0.5, 0.6) is 0 Å². The molecule has 2 heterocycles. The Morgan fingerprint density at radius 1 is 0.727 bits per heavy atom. The Morgan fingerprint density at radius 2 is 1.14 bits per heavy atom. The summed E-state index contributed by atoms with van der Waals surface area (Å²) in [6.45, 7) is 4.51. The highest BCUT2D eigenvalue weighted by Crippen LogP contribution is 2.22. The van der Waals surface area contributed by atoms with Gasteiger partial charge in [0, 0.05) is 36.6 Å². The number of hydrogen-bond acceptors (Lipinski definition) is 4. The van der Waals surface area contributed by atoms with Crippen molar-refractivity contribution < 1.29 is 0 Å². The number of likely N-dealkylation sites (tertiary alicyclic amines) is 2. The van der Waals surface area contributed by atoms with Gasteiger partial charge in [0.05, 0.1) is 0 Å². The molecule has 0 bridgehead atoms. The van der Waals surface area contributed by atoms with E-state index < -0.39 is 0 Å². The molecule has 22 heavy (non-hydrogen) atoms. The van der Waals surface area contributed by atoms with Gasteiger partial charge in [-0.2, -0.15) is 10.5 Å². The third kappa shape index (κ3) is 2.78. The molecule has 1 aromatic carbocycles. The quantitative estimate of drug-likeness (QED) is 0.820. The average molecular weight is 292 g/mol. The van der Waals surface area contributed by atoms with Gasteiger partial charge in [-0.05, 0) is 25.7 Å². The number of nitrogens with zero attached hydrogens (tertiary/aromatic N) is 4. The van der Waals surface area contributed by atoms with E-state index in [1.54, 1.807) is 0 Å². The standard InChI is InChI=1S/C18H20N4/c19-13-17(14-20)15-5-7-16(8-6-15)18(21-9-1-2-10-21)22-11-3-4-12-22/h5-8H,1-4,9-12H2. The summed E-state index contributed by atoms with van der Waals surface area (Å²) in [4.78, 5) is 4.97. The second-order valence-electron chi connectivity index (χ2n) is 5.89. The molecular formula is C18H20N4. The molecule has 0 aliphatic carbocycles. The van der Waals surface area contributed by atoms with Gasteiger partial charge in [0.25, 0.3) is 0 Å². The van der Waals surface area contributed by atoms with E-state index in [4.69, 9.17) is 10.5 Å². The highest BCUT2D eigenvalue weighted by Gasteiger charge is 2.22.